The predicted molar refractivity (Wildman–Crippen MR) is 74.2 cm³/mol. The van der Waals surface area contributed by atoms with Gasteiger partial charge in [0.05, 0.1) is 12.0 Å². The third kappa shape index (κ3) is 4.75. The van der Waals surface area contributed by atoms with Crippen molar-refractivity contribution in [2.75, 3.05) is 0 Å². The zero-order valence-corrected chi connectivity index (χ0v) is 12.3. The molecular formula is C15H18F3NO3. The molecule has 0 saturated carbocycles. The summed E-state index contributed by atoms with van der Waals surface area (Å²) in [7, 11) is 0. The summed E-state index contributed by atoms with van der Waals surface area (Å²) in [5.74, 6) is -2.27. The minimum atomic E-state index is -4.56. The van der Waals surface area contributed by atoms with Crippen molar-refractivity contribution in [2.45, 2.75) is 38.9 Å². The van der Waals surface area contributed by atoms with Crippen molar-refractivity contribution in [3.05, 3.63) is 35.4 Å². The minimum Gasteiger partial charge on any atom is -0.480 e. The largest absolute Gasteiger partial charge is 0.480 e. The predicted octanol–water partition coefficient (Wildman–Crippen LogP) is 2.86. The summed E-state index contributed by atoms with van der Waals surface area (Å²) in [4.78, 5) is 23.0. The number of aliphatic carboxylic acids is 1. The monoisotopic (exact) mass is 317 g/mol. The van der Waals surface area contributed by atoms with Gasteiger partial charge in [0.2, 0.25) is 5.91 Å². The van der Waals surface area contributed by atoms with Crippen LogP contribution in [0.4, 0.5) is 13.2 Å². The van der Waals surface area contributed by atoms with Gasteiger partial charge in [-0.1, -0.05) is 38.5 Å². The van der Waals surface area contributed by atoms with Gasteiger partial charge in [-0.05, 0) is 17.5 Å². The lowest BCUT2D eigenvalue weighted by molar-refractivity contribution is -0.143. The first-order valence-corrected chi connectivity index (χ1v) is 6.84. The Kier molecular flexibility index (Phi) is 5.96. The van der Waals surface area contributed by atoms with Gasteiger partial charge < -0.3 is 10.4 Å². The van der Waals surface area contributed by atoms with Crippen molar-refractivity contribution >= 4 is 11.9 Å². The third-order valence-electron chi connectivity index (χ3n) is 3.47. The molecule has 0 aliphatic heterocycles. The second-order valence-corrected chi connectivity index (χ2v) is 5.10. The van der Waals surface area contributed by atoms with E-state index in [2.05, 4.69) is 5.32 Å². The van der Waals surface area contributed by atoms with Crippen LogP contribution in [0.2, 0.25) is 0 Å². The van der Waals surface area contributed by atoms with Gasteiger partial charge in [0, 0.05) is 0 Å². The van der Waals surface area contributed by atoms with E-state index in [9.17, 15) is 22.8 Å². The van der Waals surface area contributed by atoms with Crippen LogP contribution in [-0.4, -0.2) is 23.0 Å². The van der Waals surface area contributed by atoms with Crippen molar-refractivity contribution in [2.24, 2.45) is 5.92 Å². The maximum atomic E-state index is 12.8. The molecule has 2 atom stereocenters. The lowest BCUT2D eigenvalue weighted by Crippen LogP contribution is -2.45. The summed E-state index contributed by atoms with van der Waals surface area (Å²) in [5.41, 5.74) is -1.07. The lowest BCUT2D eigenvalue weighted by atomic mass is 9.98. The molecule has 0 spiro atoms. The van der Waals surface area contributed by atoms with Crippen LogP contribution in [0.1, 0.15) is 31.4 Å². The molecule has 4 nitrogen and oxygen atoms in total. The van der Waals surface area contributed by atoms with Gasteiger partial charge in [0.25, 0.3) is 0 Å². The molecule has 2 N–H and O–H groups in total. The van der Waals surface area contributed by atoms with Gasteiger partial charge in [-0.3, -0.25) is 4.79 Å². The Balaban J connectivity index is 2.88. The number of nitrogens with one attached hydrogen (secondary N) is 1. The van der Waals surface area contributed by atoms with Gasteiger partial charge in [0.1, 0.15) is 6.04 Å². The first kappa shape index (κ1) is 18.0. The number of hydrogen-bond donors (Lipinski definition) is 2. The zero-order chi connectivity index (χ0) is 16.9. The van der Waals surface area contributed by atoms with E-state index in [-0.39, 0.29) is 11.5 Å². The fourth-order valence-corrected chi connectivity index (χ4v) is 2.03. The van der Waals surface area contributed by atoms with Gasteiger partial charge in [-0.25, -0.2) is 4.79 Å². The highest BCUT2D eigenvalue weighted by atomic mass is 19.4. The molecule has 0 radical (unpaired) electrons. The number of carboxylic acid groups (broad SMARTS) is 1. The fourth-order valence-electron chi connectivity index (χ4n) is 2.03. The summed E-state index contributed by atoms with van der Waals surface area (Å²) in [5, 5.41) is 11.4. The number of hydrogen-bond acceptors (Lipinski definition) is 2. The van der Waals surface area contributed by atoms with Crippen molar-refractivity contribution < 1.29 is 27.9 Å². The standard InChI is InChI=1S/C15H18F3NO3/c1-3-9(2)13(14(21)22)19-12(20)8-10-6-4-5-7-11(10)15(16,17)18/h4-7,9,13H,3,8H2,1-2H3,(H,19,20)(H,21,22). The first-order chi connectivity index (χ1) is 10.2. The Hall–Kier alpha value is -2.05. The molecule has 0 aliphatic rings. The van der Waals surface area contributed by atoms with Crippen LogP contribution < -0.4 is 5.32 Å². The molecule has 22 heavy (non-hydrogen) atoms. The van der Waals surface area contributed by atoms with Crippen molar-refractivity contribution in [3.8, 4) is 0 Å². The molecule has 1 aromatic carbocycles. The van der Waals surface area contributed by atoms with Crippen LogP contribution in [0.15, 0.2) is 24.3 Å². The molecule has 122 valence electrons. The highest BCUT2D eigenvalue weighted by molar-refractivity contribution is 5.85. The molecule has 1 aromatic rings. The molecule has 7 heteroatoms. The van der Waals surface area contributed by atoms with E-state index >= 15 is 0 Å². The van der Waals surface area contributed by atoms with Crippen molar-refractivity contribution in [3.63, 3.8) is 0 Å². The Morgan fingerprint density at radius 1 is 1.27 bits per heavy atom. The summed E-state index contributed by atoms with van der Waals surface area (Å²) in [6.45, 7) is 3.43. The van der Waals surface area contributed by atoms with Crippen LogP contribution >= 0.6 is 0 Å². The molecule has 0 aromatic heterocycles. The minimum absolute atomic E-state index is 0.180. The third-order valence-corrected chi connectivity index (χ3v) is 3.47. The molecular weight excluding hydrogens is 299 g/mol. The van der Waals surface area contributed by atoms with E-state index in [0.717, 1.165) is 6.07 Å². The van der Waals surface area contributed by atoms with Gasteiger partial charge in [-0.15, -0.1) is 0 Å². The molecule has 0 saturated heterocycles. The number of carbonyl (C=O) groups is 2. The number of halogens is 3. The Morgan fingerprint density at radius 3 is 2.36 bits per heavy atom. The smallest absolute Gasteiger partial charge is 0.416 e. The van der Waals surface area contributed by atoms with Gasteiger partial charge in [-0.2, -0.15) is 13.2 Å². The normalized spacial score (nSPS) is 14.2. The fraction of sp³-hybridized carbons (Fsp3) is 0.467. The van der Waals surface area contributed by atoms with E-state index in [0.29, 0.717) is 6.42 Å². The van der Waals surface area contributed by atoms with E-state index in [1.54, 1.807) is 13.8 Å². The Bertz CT molecular complexity index is 543. The number of carboxylic acids is 1. The second kappa shape index (κ2) is 7.29. The summed E-state index contributed by atoms with van der Waals surface area (Å²) >= 11 is 0. The van der Waals surface area contributed by atoms with Crippen molar-refractivity contribution in [1.82, 2.24) is 5.32 Å². The lowest BCUT2D eigenvalue weighted by Gasteiger charge is -2.20. The van der Waals surface area contributed by atoms with E-state index in [1.165, 1.54) is 18.2 Å². The number of rotatable bonds is 6. The average molecular weight is 317 g/mol. The van der Waals surface area contributed by atoms with Crippen LogP contribution in [0.3, 0.4) is 0 Å². The highest BCUT2D eigenvalue weighted by Gasteiger charge is 2.33. The molecule has 2 unspecified atom stereocenters. The summed E-state index contributed by atoms with van der Waals surface area (Å²) in [6, 6.07) is 3.63. The molecule has 0 bridgehead atoms. The molecule has 0 heterocycles. The van der Waals surface area contributed by atoms with Crippen LogP contribution in [0.5, 0.6) is 0 Å². The molecule has 0 aliphatic carbocycles. The maximum absolute atomic E-state index is 12.8. The first-order valence-electron chi connectivity index (χ1n) is 6.84. The summed E-state index contributed by atoms with van der Waals surface area (Å²) in [6.07, 6.45) is -4.55. The quantitative estimate of drug-likeness (QED) is 0.848. The topological polar surface area (TPSA) is 66.4 Å². The SMILES string of the molecule is CCC(C)C(NC(=O)Cc1ccccc1C(F)(F)F)C(=O)O. The molecule has 0 fully saturated rings. The van der Waals surface area contributed by atoms with E-state index in [1.807, 2.05) is 0 Å². The van der Waals surface area contributed by atoms with Gasteiger partial charge >= 0.3 is 12.1 Å². The number of benzene rings is 1. The second-order valence-electron chi connectivity index (χ2n) is 5.10. The van der Waals surface area contributed by atoms with Crippen LogP contribution in [0, 0.1) is 5.92 Å². The van der Waals surface area contributed by atoms with Gasteiger partial charge in [0.15, 0.2) is 0 Å². The molecule has 1 rings (SSSR count). The molecule has 1 amide bonds. The number of alkyl halides is 3. The van der Waals surface area contributed by atoms with Crippen molar-refractivity contribution in [1.29, 1.82) is 0 Å². The maximum Gasteiger partial charge on any atom is 0.416 e. The average Bonchev–Trinajstić information content (AvgIpc) is 2.43. The summed E-state index contributed by atoms with van der Waals surface area (Å²) < 4.78 is 38.5. The van der Waals surface area contributed by atoms with Crippen LogP contribution in [-0.2, 0) is 22.2 Å². The Morgan fingerprint density at radius 2 is 1.86 bits per heavy atom. The number of carbonyl (C=O) groups excluding carboxylic acids is 1. The van der Waals surface area contributed by atoms with Crippen LogP contribution in [0.25, 0.3) is 0 Å². The highest BCUT2D eigenvalue weighted by Crippen LogP contribution is 2.32. The van der Waals surface area contributed by atoms with E-state index in [4.69, 9.17) is 5.11 Å². The number of amides is 1. The van der Waals surface area contributed by atoms with E-state index < -0.39 is 36.1 Å². The Labute approximate surface area is 126 Å². The zero-order valence-electron chi connectivity index (χ0n) is 12.3.